The molecule has 1 amide bonds. The van der Waals surface area contributed by atoms with E-state index in [-0.39, 0.29) is 24.5 Å². The molecule has 2 aliphatic rings. The van der Waals surface area contributed by atoms with E-state index < -0.39 is 5.97 Å². The molecule has 0 spiro atoms. The zero-order valence-electron chi connectivity index (χ0n) is 15.6. The van der Waals surface area contributed by atoms with Gasteiger partial charge in [-0.1, -0.05) is 12.1 Å². The van der Waals surface area contributed by atoms with Gasteiger partial charge in [-0.05, 0) is 56.3 Å². The Morgan fingerprint density at radius 2 is 2.15 bits per heavy atom. The molecule has 0 saturated carbocycles. The van der Waals surface area contributed by atoms with Gasteiger partial charge < -0.3 is 19.6 Å². The number of anilines is 1. The van der Waals surface area contributed by atoms with Gasteiger partial charge in [-0.25, -0.2) is 0 Å². The van der Waals surface area contributed by atoms with Gasteiger partial charge in [0.1, 0.15) is 6.61 Å². The number of carboxylic acid groups (broad SMARTS) is 1. The molecule has 2 atom stereocenters. The summed E-state index contributed by atoms with van der Waals surface area (Å²) in [7, 11) is 1.54. The molecule has 1 aromatic carbocycles. The predicted molar refractivity (Wildman–Crippen MR) is 99.5 cm³/mol. The van der Waals surface area contributed by atoms with Gasteiger partial charge in [0, 0.05) is 31.9 Å². The number of hydrogen-bond acceptors (Lipinski definition) is 4. The Morgan fingerprint density at radius 1 is 1.35 bits per heavy atom. The van der Waals surface area contributed by atoms with E-state index in [9.17, 15) is 14.7 Å². The van der Waals surface area contributed by atoms with Crippen molar-refractivity contribution in [2.45, 2.75) is 38.6 Å². The summed E-state index contributed by atoms with van der Waals surface area (Å²) in [6, 6.07) is 6.48. The first-order valence-electron chi connectivity index (χ1n) is 9.37. The molecular weight excluding hydrogens is 332 g/mol. The maximum Gasteiger partial charge on any atom is 0.307 e. The summed E-state index contributed by atoms with van der Waals surface area (Å²) < 4.78 is 5.00. The van der Waals surface area contributed by atoms with Crippen LogP contribution in [0.5, 0.6) is 0 Å². The van der Waals surface area contributed by atoms with E-state index in [1.807, 2.05) is 11.0 Å². The minimum atomic E-state index is -0.679. The number of fused-ring (bicyclic) bond motifs is 1. The first-order chi connectivity index (χ1) is 12.5. The molecule has 1 aromatic rings. The van der Waals surface area contributed by atoms with E-state index in [4.69, 9.17) is 4.74 Å². The van der Waals surface area contributed by atoms with E-state index in [1.165, 1.54) is 18.2 Å². The summed E-state index contributed by atoms with van der Waals surface area (Å²) in [4.78, 5) is 27.6. The van der Waals surface area contributed by atoms with Crippen molar-refractivity contribution in [3.8, 4) is 0 Å². The lowest BCUT2D eigenvalue weighted by Gasteiger charge is -2.30. The molecule has 6 nitrogen and oxygen atoms in total. The fourth-order valence-corrected chi connectivity index (χ4v) is 4.16. The van der Waals surface area contributed by atoms with Crippen molar-refractivity contribution in [1.29, 1.82) is 0 Å². The van der Waals surface area contributed by atoms with Crippen LogP contribution in [0, 0.1) is 5.92 Å². The monoisotopic (exact) mass is 360 g/mol. The molecule has 142 valence electrons. The SMILES string of the molecule is COCC(=O)N1c2ccc(CCN3CCCC(C(=O)O)C3)cc2CC1C. The molecule has 2 unspecified atom stereocenters. The first kappa shape index (κ1) is 18.9. The maximum absolute atomic E-state index is 12.3. The highest BCUT2D eigenvalue weighted by Crippen LogP contribution is 2.33. The van der Waals surface area contributed by atoms with E-state index in [2.05, 4.69) is 24.0 Å². The van der Waals surface area contributed by atoms with Crippen LogP contribution in [0.4, 0.5) is 5.69 Å². The number of carbonyl (C=O) groups excluding carboxylic acids is 1. The lowest BCUT2D eigenvalue weighted by Crippen LogP contribution is -2.39. The molecule has 2 aliphatic heterocycles. The fraction of sp³-hybridized carbons (Fsp3) is 0.600. The number of rotatable bonds is 6. The second kappa shape index (κ2) is 8.18. The number of amides is 1. The highest BCUT2D eigenvalue weighted by atomic mass is 16.5. The molecule has 0 aliphatic carbocycles. The highest BCUT2D eigenvalue weighted by molar-refractivity contribution is 5.97. The number of benzene rings is 1. The third kappa shape index (κ3) is 4.07. The number of carbonyl (C=O) groups is 2. The Morgan fingerprint density at radius 3 is 2.88 bits per heavy atom. The van der Waals surface area contributed by atoms with Gasteiger partial charge in [0.05, 0.1) is 5.92 Å². The van der Waals surface area contributed by atoms with Gasteiger partial charge in [0.15, 0.2) is 0 Å². The zero-order valence-corrected chi connectivity index (χ0v) is 15.6. The van der Waals surface area contributed by atoms with Crippen LogP contribution < -0.4 is 4.90 Å². The quantitative estimate of drug-likeness (QED) is 0.840. The number of aliphatic carboxylic acids is 1. The summed E-state index contributed by atoms with van der Waals surface area (Å²) in [5.41, 5.74) is 3.45. The largest absolute Gasteiger partial charge is 0.481 e. The van der Waals surface area contributed by atoms with Crippen LogP contribution in [0.2, 0.25) is 0 Å². The highest BCUT2D eigenvalue weighted by Gasteiger charge is 2.31. The summed E-state index contributed by atoms with van der Waals surface area (Å²) in [6.45, 7) is 4.67. The number of ether oxygens (including phenoxy) is 1. The van der Waals surface area contributed by atoms with Crippen LogP contribution in [-0.4, -0.2) is 61.3 Å². The van der Waals surface area contributed by atoms with E-state index in [0.29, 0.717) is 6.54 Å². The molecule has 0 bridgehead atoms. The van der Waals surface area contributed by atoms with Crippen molar-refractivity contribution in [3.05, 3.63) is 29.3 Å². The average Bonchev–Trinajstić information content (AvgIpc) is 2.95. The van der Waals surface area contributed by atoms with Crippen LogP contribution in [0.15, 0.2) is 18.2 Å². The van der Waals surface area contributed by atoms with Gasteiger partial charge in [0.2, 0.25) is 0 Å². The Kier molecular flexibility index (Phi) is 5.94. The third-order valence-electron chi connectivity index (χ3n) is 5.47. The Bertz CT molecular complexity index is 676. The van der Waals surface area contributed by atoms with Crippen LogP contribution in [0.3, 0.4) is 0 Å². The lowest BCUT2D eigenvalue weighted by molar-refractivity contribution is -0.143. The second-order valence-electron chi connectivity index (χ2n) is 7.44. The van der Waals surface area contributed by atoms with E-state index >= 15 is 0 Å². The molecule has 2 heterocycles. The molecule has 0 aromatic heterocycles. The van der Waals surface area contributed by atoms with Crippen molar-refractivity contribution in [2.24, 2.45) is 5.92 Å². The predicted octanol–water partition coefficient (Wildman–Crippen LogP) is 1.95. The minimum Gasteiger partial charge on any atom is -0.481 e. The van der Waals surface area contributed by atoms with Crippen LogP contribution in [0.1, 0.15) is 30.9 Å². The average molecular weight is 360 g/mol. The summed E-state index contributed by atoms with van der Waals surface area (Å²) in [6.07, 6.45) is 3.51. The summed E-state index contributed by atoms with van der Waals surface area (Å²) in [5, 5.41) is 9.21. The Balaban J connectivity index is 1.62. The zero-order chi connectivity index (χ0) is 18.7. The number of likely N-dealkylation sites (tertiary alicyclic amines) is 1. The minimum absolute atomic E-state index is 0.000436. The van der Waals surface area contributed by atoms with Crippen molar-refractivity contribution in [3.63, 3.8) is 0 Å². The number of hydrogen-bond donors (Lipinski definition) is 1. The number of nitrogens with zero attached hydrogens (tertiary/aromatic N) is 2. The molecular formula is C20H28N2O4. The number of methoxy groups -OCH3 is 1. The smallest absolute Gasteiger partial charge is 0.307 e. The third-order valence-corrected chi connectivity index (χ3v) is 5.47. The van der Waals surface area contributed by atoms with Gasteiger partial charge >= 0.3 is 5.97 Å². The maximum atomic E-state index is 12.3. The van der Waals surface area contributed by atoms with Crippen LogP contribution in [-0.2, 0) is 27.2 Å². The normalized spacial score (nSPS) is 23.1. The summed E-state index contributed by atoms with van der Waals surface area (Å²) >= 11 is 0. The summed E-state index contributed by atoms with van der Waals surface area (Å²) in [5.74, 6) is -0.911. The van der Waals surface area contributed by atoms with Crippen LogP contribution in [0.25, 0.3) is 0 Å². The molecule has 1 N–H and O–H groups in total. The van der Waals surface area contributed by atoms with E-state index in [0.717, 1.165) is 44.5 Å². The Labute approximate surface area is 154 Å². The van der Waals surface area contributed by atoms with Gasteiger partial charge in [0.25, 0.3) is 5.91 Å². The van der Waals surface area contributed by atoms with Crippen molar-refractivity contribution < 1.29 is 19.4 Å². The number of piperidine rings is 1. The van der Waals surface area contributed by atoms with Gasteiger partial charge in [-0.2, -0.15) is 0 Å². The van der Waals surface area contributed by atoms with Gasteiger partial charge in [-0.3, -0.25) is 9.59 Å². The van der Waals surface area contributed by atoms with Gasteiger partial charge in [-0.15, -0.1) is 0 Å². The second-order valence-corrected chi connectivity index (χ2v) is 7.44. The molecule has 26 heavy (non-hydrogen) atoms. The standard InChI is InChI=1S/C20H28N2O4/c1-14-10-17-11-15(5-6-18(17)22(14)19(23)13-26-2)7-9-21-8-3-4-16(12-21)20(24)25/h5-6,11,14,16H,3-4,7-10,12-13H2,1-2H3,(H,24,25). The van der Waals surface area contributed by atoms with Crippen molar-refractivity contribution in [1.82, 2.24) is 4.90 Å². The fourth-order valence-electron chi connectivity index (χ4n) is 4.16. The van der Waals surface area contributed by atoms with Crippen molar-refractivity contribution >= 4 is 17.6 Å². The van der Waals surface area contributed by atoms with Crippen molar-refractivity contribution in [2.75, 3.05) is 38.3 Å². The van der Waals surface area contributed by atoms with E-state index in [1.54, 1.807) is 0 Å². The molecule has 3 rings (SSSR count). The molecule has 6 heteroatoms. The topological polar surface area (TPSA) is 70.1 Å². The Hall–Kier alpha value is -1.92. The lowest BCUT2D eigenvalue weighted by atomic mass is 9.97. The number of carboxylic acids is 1. The first-order valence-corrected chi connectivity index (χ1v) is 9.37. The van der Waals surface area contributed by atoms with Crippen LogP contribution >= 0.6 is 0 Å². The molecule has 1 saturated heterocycles. The molecule has 1 fully saturated rings. The molecule has 0 radical (unpaired) electrons.